The molecule has 1 heterocycles. The van der Waals surface area contributed by atoms with Gasteiger partial charge in [0.2, 0.25) is 5.91 Å². The molecule has 2 aromatic carbocycles. The highest BCUT2D eigenvalue weighted by Gasteiger charge is 2.61. The van der Waals surface area contributed by atoms with Gasteiger partial charge in [-0.25, -0.2) is 0 Å². The molecule has 118 valence electrons. The largest absolute Gasteiger partial charge is 0.506 e. The first-order valence-corrected chi connectivity index (χ1v) is 8.41. The molecule has 1 atom stereocenters. The van der Waals surface area contributed by atoms with Crippen molar-refractivity contribution in [3.63, 3.8) is 0 Å². The van der Waals surface area contributed by atoms with Crippen molar-refractivity contribution in [2.24, 2.45) is 5.41 Å². The lowest BCUT2D eigenvalue weighted by atomic mass is 9.60. The molecule has 1 aliphatic carbocycles. The third-order valence-electron chi connectivity index (χ3n) is 5.43. The van der Waals surface area contributed by atoms with Crippen LogP contribution in [0.25, 0.3) is 0 Å². The number of benzene rings is 2. The third kappa shape index (κ3) is 2.07. The van der Waals surface area contributed by atoms with Gasteiger partial charge in [-0.1, -0.05) is 61.7 Å². The molecule has 4 rings (SSSR count). The van der Waals surface area contributed by atoms with Crippen molar-refractivity contribution in [2.75, 3.05) is 4.90 Å². The van der Waals surface area contributed by atoms with Crippen LogP contribution in [0.5, 0.6) is 5.75 Å². The Labute approximate surface area is 136 Å². The van der Waals surface area contributed by atoms with E-state index in [2.05, 4.69) is 12.1 Å². The Kier molecular flexibility index (Phi) is 3.37. The van der Waals surface area contributed by atoms with Crippen LogP contribution in [-0.2, 0) is 4.79 Å². The Morgan fingerprint density at radius 1 is 0.913 bits per heavy atom. The topological polar surface area (TPSA) is 40.5 Å². The van der Waals surface area contributed by atoms with Crippen molar-refractivity contribution in [2.45, 2.75) is 38.1 Å². The number of aromatic hydroxyl groups is 1. The van der Waals surface area contributed by atoms with Crippen LogP contribution in [0.4, 0.5) is 5.69 Å². The Hall–Kier alpha value is -2.29. The van der Waals surface area contributed by atoms with E-state index in [4.69, 9.17) is 0 Å². The van der Waals surface area contributed by atoms with E-state index in [-0.39, 0.29) is 23.1 Å². The molecule has 1 unspecified atom stereocenters. The van der Waals surface area contributed by atoms with Crippen molar-refractivity contribution >= 4 is 11.6 Å². The summed E-state index contributed by atoms with van der Waals surface area (Å²) in [5.41, 5.74) is 1.52. The van der Waals surface area contributed by atoms with Crippen LogP contribution in [0.2, 0.25) is 0 Å². The van der Waals surface area contributed by atoms with Crippen molar-refractivity contribution in [3.8, 4) is 5.75 Å². The van der Waals surface area contributed by atoms with Gasteiger partial charge in [-0.3, -0.25) is 9.69 Å². The van der Waals surface area contributed by atoms with Crippen LogP contribution in [-0.4, -0.2) is 11.0 Å². The van der Waals surface area contributed by atoms with Gasteiger partial charge in [-0.2, -0.15) is 0 Å². The Morgan fingerprint density at radius 2 is 1.57 bits per heavy atom. The van der Waals surface area contributed by atoms with Gasteiger partial charge in [0, 0.05) is 0 Å². The van der Waals surface area contributed by atoms with Crippen LogP contribution in [0.15, 0.2) is 54.6 Å². The zero-order valence-electron chi connectivity index (χ0n) is 13.1. The van der Waals surface area contributed by atoms with E-state index < -0.39 is 0 Å². The molecule has 0 radical (unpaired) electrons. The molecule has 2 aliphatic rings. The zero-order chi connectivity index (χ0) is 15.9. The molecule has 1 aliphatic heterocycles. The summed E-state index contributed by atoms with van der Waals surface area (Å²) in [6.07, 6.45) is 5.35. The van der Waals surface area contributed by atoms with Gasteiger partial charge in [0.25, 0.3) is 0 Å². The SMILES string of the molecule is O=C1N(c2ccccc2O)C(c2ccccc2)C12CCCCC2. The summed E-state index contributed by atoms with van der Waals surface area (Å²) in [5, 5.41) is 10.2. The second-order valence-corrected chi connectivity index (χ2v) is 6.69. The van der Waals surface area contributed by atoms with Crippen LogP contribution in [0, 0.1) is 5.41 Å². The van der Waals surface area contributed by atoms with Crippen LogP contribution in [0.3, 0.4) is 0 Å². The van der Waals surface area contributed by atoms with Gasteiger partial charge in [-0.15, -0.1) is 0 Å². The van der Waals surface area contributed by atoms with Crippen LogP contribution < -0.4 is 4.90 Å². The van der Waals surface area contributed by atoms with E-state index in [1.807, 2.05) is 30.3 Å². The zero-order valence-corrected chi connectivity index (χ0v) is 13.1. The lowest BCUT2D eigenvalue weighted by molar-refractivity contribution is -0.143. The van der Waals surface area contributed by atoms with Crippen molar-refractivity contribution in [1.29, 1.82) is 0 Å². The smallest absolute Gasteiger partial charge is 0.236 e. The fraction of sp³-hybridized carbons (Fsp3) is 0.350. The highest BCUT2D eigenvalue weighted by atomic mass is 16.3. The summed E-state index contributed by atoms with van der Waals surface area (Å²) < 4.78 is 0. The highest BCUT2D eigenvalue weighted by Crippen LogP contribution is 2.59. The molecule has 1 saturated carbocycles. The van der Waals surface area contributed by atoms with E-state index in [1.165, 1.54) is 6.42 Å². The number of hydrogen-bond donors (Lipinski definition) is 1. The second-order valence-electron chi connectivity index (χ2n) is 6.69. The molecule has 1 amide bonds. The van der Waals surface area contributed by atoms with E-state index in [0.29, 0.717) is 5.69 Å². The minimum absolute atomic E-state index is 0.0322. The summed E-state index contributed by atoms with van der Waals surface area (Å²) in [7, 11) is 0. The van der Waals surface area contributed by atoms with Crippen LogP contribution in [0.1, 0.15) is 43.7 Å². The predicted octanol–water partition coefficient (Wildman–Crippen LogP) is 4.43. The molecular weight excluding hydrogens is 286 g/mol. The summed E-state index contributed by atoms with van der Waals surface area (Å²) in [6.45, 7) is 0. The molecule has 0 bridgehead atoms. The quantitative estimate of drug-likeness (QED) is 0.834. The maximum Gasteiger partial charge on any atom is 0.236 e. The van der Waals surface area contributed by atoms with E-state index >= 15 is 0 Å². The number of para-hydroxylation sites is 2. The number of amides is 1. The molecule has 1 spiro atoms. The summed E-state index contributed by atoms with van der Waals surface area (Å²) in [4.78, 5) is 14.9. The summed E-state index contributed by atoms with van der Waals surface area (Å²) in [5.74, 6) is 0.347. The third-order valence-corrected chi connectivity index (χ3v) is 5.43. The Bertz CT molecular complexity index is 719. The number of phenols is 1. The number of nitrogens with zero attached hydrogens (tertiary/aromatic N) is 1. The fourth-order valence-corrected chi connectivity index (χ4v) is 4.34. The molecule has 3 nitrogen and oxygen atoms in total. The van der Waals surface area contributed by atoms with Gasteiger partial charge in [0.1, 0.15) is 5.75 Å². The number of hydrogen-bond acceptors (Lipinski definition) is 2. The van der Waals surface area contributed by atoms with E-state index in [9.17, 15) is 9.90 Å². The average molecular weight is 307 g/mol. The molecule has 23 heavy (non-hydrogen) atoms. The molecule has 3 heteroatoms. The average Bonchev–Trinajstić information content (AvgIpc) is 2.61. The fourth-order valence-electron chi connectivity index (χ4n) is 4.34. The number of phenolic OH excluding ortho intramolecular Hbond substituents is 1. The second kappa shape index (κ2) is 5.41. The Morgan fingerprint density at radius 3 is 2.26 bits per heavy atom. The number of β-lactam (4-membered cyclic amide) rings is 1. The van der Waals surface area contributed by atoms with Gasteiger partial charge in [0.15, 0.2) is 0 Å². The molecule has 2 aromatic rings. The summed E-state index contributed by atoms with van der Waals surface area (Å²) in [6, 6.07) is 17.4. The monoisotopic (exact) mass is 307 g/mol. The predicted molar refractivity (Wildman–Crippen MR) is 90.3 cm³/mol. The summed E-state index contributed by atoms with van der Waals surface area (Å²) >= 11 is 0. The maximum absolute atomic E-state index is 13.1. The minimum atomic E-state index is -0.276. The standard InChI is InChI=1S/C20H21NO2/c22-17-12-6-5-11-16(17)21-18(15-9-3-1-4-10-15)20(19(21)23)13-7-2-8-14-20/h1,3-6,9-12,18,22H,2,7-8,13-14H2. The van der Waals surface area contributed by atoms with Gasteiger partial charge >= 0.3 is 0 Å². The molecule has 1 N–H and O–H groups in total. The van der Waals surface area contributed by atoms with Gasteiger partial charge in [-0.05, 0) is 30.5 Å². The molecule has 1 saturated heterocycles. The minimum Gasteiger partial charge on any atom is -0.506 e. The van der Waals surface area contributed by atoms with Gasteiger partial charge < -0.3 is 5.11 Å². The van der Waals surface area contributed by atoms with E-state index in [1.54, 1.807) is 17.0 Å². The highest BCUT2D eigenvalue weighted by molar-refractivity contribution is 6.07. The van der Waals surface area contributed by atoms with Crippen molar-refractivity contribution in [1.82, 2.24) is 0 Å². The molecular formula is C20H21NO2. The lowest BCUT2D eigenvalue weighted by Crippen LogP contribution is -2.64. The van der Waals surface area contributed by atoms with Gasteiger partial charge in [0.05, 0.1) is 17.1 Å². The maximum atomic E-state index is 13.1. The number of anilines is 1. The van der Waals surface area contributed by atoms with E-state index in [0.717, 1.165) is 31.2 Å². The normalized spacial score (nSPS) is 22.9. The van der Waals surface area contributed by atoms with Crippen molar-refractivity contribution in [3.05, 3.63) is 60.2 Å². The Balaban J connectivity index is 1.80. The number of carbonyl (C=O) groups excluding carboxylic acids is 1. The lowest BCUT2D eigenvalue weighted by Gasteiger charge is -2.58. The molecule has 2 fully saturated rings. The van der Waals surface area contributed by atoms with Crippen molar-refractivity contribution < 1.29 is 9.90 Å². The first-order valence-electron chi connectivity index (χ1n) is 8.41. The van der Waals surface area contributed by atoms with Crippen LogP contribution >= 0.6 is 0 Å². The molecule has 0 aromatic heterocycles. The first-order chi connectivity index (χ1) is 11.2. The number of rotatable bonds is 2. The first kappa shape index (κ1) is 14.3. The number of carbonyl (C=O) groups is 1.